The maximum atomic E-state index is 13.0. The van der Waals surface area contributed by atoms with E-state index in [-0.39, 0.29) is 12.5 Å². The summed E-state index contributed by atoms with van der Waals surface area (Å²) < 4.78 is 12.0. The first-order valence-corrected chi connectivity index (χ1v) is 11.7. The number of aliphatic hydroxyl groups is 1. The number of amides is 1. The van der Waals surface area contributed by atoms with E-state index in [4.69, 9.17) is 14.6 Å². The number of rotatable bonds is 11. The lowest BCUT2D eigenvalue weighted by atomic mass is 10.1. The van der Waals surface area contributed by atoms with Gasteiger partial charge in [-0.25, -0.2) is 0 Å². The number of anilines is 1. The van der Waals surface area contributed by atoms with Crippen molar-refractivity contribution in [3.8, 4) is 11.5 Å². The SMILES string of the molecule is CCc1cc(N2CC[C@H](Oc3ccc(C4CC4)cc3)C2=O)ccc1OCCN(C)CCO. The zero-order chi connectivity index (χ0) is 22.5. The molecule has 2 aromatic rings. The molecule has 6 heteroatoms. The predicted octanol–water partition coefficient (Wildman–Crippen LogP) is 3.61. The van der Waals surface area contributed by atoms with E-state index in [1.165, 1.54) is 18.4 Å². The van der Waals surface area contributed by atoms with Crippen LogP contribution in [0.3, 0.4) is 0 Å². The highest BCUT2D eigenvalue weighted by molar-refractivity contribution is 5.99. The molecule has 2 fully saturated rings. The normalized spacial score (nSPS) is 18.4. The molecular weight excluding hydrogens is 404 g/mol. The number of hydrogen-bond acceptors (Lipinski definition) is 5. The maximum absolute atomic E-state index is 13.0. The Bertz CT molecular complexity index is 911. The fourth-order valence-electron chi connectivity index (χ4n) is 4.16. The number of ether oxygens (including phenoxy) is 2. The van der Waals surface area contributed by atoms with Crippen LogP contribution in [0.4, 0.5) is 5.69 Å². The van der Waals surface area contributed by atoms with E-state index in [1.807, 2.05) is 41.1 Å². The highest BCUT2D eigenvalue weighted by Crippen LogP contribution is 2.40. The van der Waals surface area contributed by atoms with Crippen molar-refractivity contribution in [1.29, 1.82) is 0 Å². The largest absolute Gasteiger partial charge is 0.492 e. The van der Waals surface area contributed by atoms with Crippen LogP contribution in [0.2, 0.25) is 0 Å². The summed E-state index contributed by atoms with van der Waals surface area (Å²) in [5.41, 5.74) is 3.35. The molecule has 1 N–H and O–H groups in total. The summed E-state index contributed by atoms with van der Waals surface area (Å²) in [6.07, 6.45) is 3.62. The van der Waals surface area contributed by atoms with E-state index in [1.54, 1.807) is 0 Å². The topological polar surface area (TPSA) is 62.2 Å². The Morgan fingerprint density at radius 2 is 1.88 bits per heavy atom. The molecular formula is C26H34N2O4. The van der Waals surface area contributed by atoms with Crippen molar-refractivity contribution in [2.75, 3.05) is 44.8 Å². The van der Waals surface area contributed by atoms with Gasteiger partial charge in [-0.1, -0.05) is 19.1 Å². The van der Waals surface area contributed by atoms with Gasteiger partial charge < -0.3 is 24.4 Å². The third-order valence-corrected chi connectivity index (χ3v) is 6.31. The number of likely N-dealkylation sites (N-methyl/N-ethyl adjacent to an activating group) is 1. The van der Waals surface area contributed by atoms with Crippen LogP contribution < -0.4 is 14.4 Å². The summed E-state index contributed by atoms with van der Waals surface area (Å²) in [6.45, 7) is 4.82. The van der Waals surface area contributed by atoms with Crippen molar-refractivity contribution < 1.29 is 19.4 Å². The van der Waals surface area contributed by atoms with Gasteiger partial charge in [0.15, 0.2) is 6.10 Å². The summed E-state index contributed by atoms with van der Waals surface area (Å²) in [5, 5.41) is 9.00. The number of carbonyl (C=O) groups excluding carboxylic acids is 1. The van der Waals surface area contributed by atoms with Crippen molar-refractivity contribution in [1.82, 2.24) is 4.90 Å². The first-order valence-electron chi connectivity index (χ1n) is 11.7. The van der Waals surface area contributed by atoms with Gasteiger partial charge in [-0.15, -0.1) is 0 Å². The lowest BCUT2D eigenvalue weighted by Gasteiger charge is -2.20. The number of aryl methyl sites for hydroxylation is 1. The van der Waals surface area contributed by atoms with Crippen LogP contribution in [0.15, 0.2) is 42.5 Å². The number of hydrogen-bond donors (Lipinski definition) is 1. The molecule has 1 atom stereocenters. The molecule has 0 aromatic heterocycles. The highest BCUT2D eigenvalue weighted by atomic mass is 16.5. The van der Waals surface area contributed by atoms with Gasteiger partial charge in [0, 0.05) is 31.7 Å². The average molecular weight is 439 g/mol. The highest BCUT2D eigenvalue weighted by Gasteiger charge is 2.34. The molecule has 0 unspecified atom stereocenters. The number of nitrogens with zero attached hydrogens (tertiary/aromatic N) is 2. The lowest BCUT2D eigenvalue weighted by Crippen LogP contribution is -2.32. The van der Waals surface area contributed by atoms with Crippen LogP contribution in [0.5, 0.6) is 11.5 Å². The Kier molecular flexibility index (Phi) is 7.33. The van der Waals surface area contributed by atoms with E-state index >= 15 is 0 Å². The Morgan fingerprint density at radius 3 is 2.56 bits per heavy atom. The zero-order valence-corrected chi connectivity index (χ0v) is 19.1. The smallest absolute Gasteiger partial charge is 0.268 e. The second-order valence-electron chi connectivity index (χ2n) is 8.75. The third-order valence-electron chi connectivity index (χ3n) is 6.31. The first kappa shape index (κ1) is 22.6. The molecule has 0 spiro atoms. The Hall–Kier alpha value is -2.57. The number of carbonyl (C=O) groups is 1. The standard InChI is InChI=1S/C26H34N2O4/c1-3-19-18-22(8-11-24(19)31-17-15-27(2)14-16-29)28-13-12-25(26(28)30)32-23-9-6-21(7-10-23)20-4-5-20/h6-11,18,20,25,29H,3-5,12-17H2,1-2H3/t25-/m0/s1. The molecule has 1 aliphatic carbocycles. The van der Waals surface area contributed by atoms with Crippen LogP contribution in [0, 0.1) is 0 Å². The number of aliphatic hydroxyl groups excluding tert-OH is 1. The van der Waals surface area contributed by atoms with Gasteiger partial charge in [0.2, 0.25) is 0 Å². The molecule has 6 nitrogen and oxygen atoms in total. The van der Waals surface area contributed by atoms with E-state index in [9.17, 15) is 4.79 Å². The van der Waals surface area contributed by atoms with Crippen LogP contribution in [-0.2, 0) is 11.2 Å². The molecule has 32 heavy (non-hydrogen) atoms. The molecule has 1 saturated heterocycles. The number of benzene rings is 2. The van der Waals surface area contributed by atoms with Gasteiger partial charge in [0.25, 0.3) is 5.91 Å². The van der Waals surface area contributed by atoms with Crippen molar-refractivity contribution in [3.05, 3.63) is 53.6 Å². The molecule has 1 amide bonds. The monoisotopic (exact) mass is 438 g/mol. The molecule has 172 valence electrons. The summed E-state index contributed by atoms with van der Waals surface area (Å²) in [5.74, 6) is 2.34. The molecule has 0 bridgehead atoms. The van der Waals surface area contributed by atoms with E-state index in [2.05, 4.69) is 25.1 Å². The fraction of sp³-hybridized carbons (Fsp3) is 0.500. The van der Waals surface area contributed by atoms with Gasteiger partial charge in [0.1, 0.15) is 18.1 Å². The van der Waals surface area contributed by atoms with E-state index < -0.39 is 6.10 Å². The van der Waals surface area contributed by atoms with Gasteiger partial charge >= 0.3 is 0 Å². The molecule has 0 radical (unpaired) electrons. The first-order chi connectivity index (χ1) is 15.6. The van der Waals surface area contributed by atoms with Gasteiger partial charge in [-0.2, -0.15) is 0 Å². The van der Waals surface area contributed by atoms with Gasteiger partial charge in [0.05, 0.1) is 6.61 Å². The predicted molar refractivity (Wildman–Crippen MR) is 126 cm³/mol. The Balaban J connectivity index is 1.36. The van der Waals surface area contributed by atoms with Gasteiger partial charge in [-0.05, 0) is 73.7 Å². The summed E-state index contributed by atoms with van der Waals surface area (Å²) in [4.78, 5) is 16.9. The van der Waals surface area contributed by atoms with Crippen molar-refractivity contribution in [2.24, 2.45) is 0 Å². The van der Waals surface area contributed by atoms with Gasteiger partial charge in [-0.3, -0.25) is 4.79 Å². The van der Waals surface area contributed by atoms with Crippen LogP contribution in [0.25, 0.3) is 0 Å². The van der Waals surface area contributed by atoms with Crippen LogP contribution in [0.1, 0.15) is 43.2 Å². The molecule has 4 rings (SSSR count). The second-order valence-corrected chi connectivity index (χ2v) is 8.75. The van der Waals surface area contributed by atoms with Crippen molar-refractivity contribution >= 4 is 11.6 Å². The van der Waals surface area contributed by atoms with Crippen LogP contribution in [-0.4, -0.2) is 61.9 Å². The Labute approximate surface area is 190 Å². The third kappa shape index (κ3) is 5.43. The maximum Gasteiger partial charge on any atom is 0.268 e. The van der Waals surface area contributed by atoms with Crippen molar-refractivity contribution in [3.63, 3.8) is 0 Å². The van der Waals surface area contributed by atoms with Crippen LogP contribution >= 0.6 is 0 Å². The van der Waals surface area contributed by atoms with Crippen molar-refractivity contribution in [2.45, 2.75) is 44.6 Å². The average Bonchev–Trinajstić information content (AvgIpc) is 3.59. The summed E-state index contributed by atoms with van der Waals surface area (Å²) in [6, 6.07) is 14.2. The molecule has 1 aliphatic heterocycles. The minimum atomic E-state index is -0.440. The fourth-order valence-corrected chi connectivity index (χ4v) is 4.16. The zero-order valence-electron chi connectivity index (χ0n) is 19.1. The minimum Gasteiger partial charge on any atom is -0.492 e. The molecule has 2 aromatic carbocycles. The summed E-state index contributed by atoms with van der Waals surface area (Å²) >= 11 is 0. The quantitative estimate of drug-likeness (QED) is 0.581. The van der Waals surface area contributed by atoms with E-state index in [0.29, 0.717) is 32.0 Å². The lowest BCUT2D eigenvalue weighted by molar-refractivity contribution is -0.122. The van der Waals surface area contributed by atoms with E-state index in [0.717, 1.165) is 35.7 Å². The summed E-state index contributed by atoms with van der Waals surface area (Å²) in [7, 11) is 1.96. The molecule has 1 saturated carbocycles. The second kappa shape index (κ2) is 10.4. The molecule has 1 heterocycles. The molecule has 2 aliphatic rings. The Morgan fingerprint density at radius 1 is 1.09 bits per heavy atom. The minimum absolute atomic E-state index is 0.0117.